The molecular weight excluding hydrogens is 448 g/mol. The molecule has 1 amide bonds. The van der Waals surface area contributed by atoms with Gasteiger partial charge in [-0.05, 0) is 43.7 Å². The van der Waals surface area contributed by atoms with Crippen LogP contribution in [0.2, 0.25) is 0 Å². The number of furan rings is 1. The second kappa shape index (κ2) is 9.53. The molecule has 0 atom stereocenters. The fraction of sp³-hybridized carbons (Fsp3) is 0.364. The van der Waals surface area contributed by atoms with E-state index in [4.69, 9.17) is 4.42 Å². The van der Waals surface area contributed by atoms with Gasteiger partial charge in [-0.2, -0.15) is 0 Å². The SMILES string of the molecule is Cc1nc(CN2CCN(C(=O)c3cc(S(=O)(=O)NCc4ccco4)ccc3C)CC2)cs1. The quantitative estimate of drug-likeness (QED) is 0.566. The monoisotopic (exact) mass is 474 g/mol. The number of amides is 1. The third-order valence-electron chi connectivity index (χ3n) is 5.48. The molecule has 0 spiro atoms. The van der Waals surface area contributed by atoms with Crippen molar-refractivity contribution >= 4 is 27.3 Å². The summed E-state index contributed by atoms with van der Waals surface area (Å²) in [5, 5.41) is 3.13. The van der Waals surface area contributed by atoms with E-state index < -0.39 is 10.0 Å². The first-order valence-electron chi connectivity index (χ1n) is 10.4. The maximum absolute atomic E-state index is 13.2. The number of piperazine rings is 1. The molecule has 1 saturated heterocycles. The Hall–Kier alpha value is -2.53. The molecule has 4 rings (SSSR count). The van der Waals surface area contributed by atoms with Gasteiger partial charge in [0.15, 0.2) is 0 Å². The number of carbonyl (C=O) groups is 1. The molecule has 1 fully saturated rings. The zero-order valence-corrected chi connectivity index (χ0v) is 19.7. The summed E-state index contributed by atoms with van der Waals surface area (Å²) in [5.41, 5.74) is 2.22. The highest BCUT2D eigenvalue weighted by atomic mass is 32.2. The van der Waals surface area contributed by atoms with Crippen LogP contribution in [0.5, 0.6) is 0 Å². The molecule has 0 radical (unpaired) electrons. The van der Waals surface area contributed by atoms with Gasteiger partial charge in [0.25, 0.3) is 5.91 Å². The molecule has 170 valence electrons. The second-order valence-electron chi connectivity index (χ2n) is 7.81. The van der Waals surface area contributed by atoms with Crippen molar-refractivity contribution in [3.8, 4) is 0 Å². The summed E-state index contributed by atoms with van der Waals surface area (Å²) in [6.07, 6.45) is 1.49. The number of thiazole rings is 1. The third-order valence-corrected chi connectivity index (χ3v) is 7.70. The molecule has 1 N–H and O–H groups in total. The molecule has 2 aromatic heterocycles. The minimum Gasteiger partial charge on any atom is -0.468 e. The number of nitrogens with zero attached hydrogens (tertiary/aromatic N) is 3. The number of rotatable bonds is 7. The Morgan fingerprint density at radius 2 is 1.97 bits per heavy atom. The predicted molar refractivity (Wildman–Crippen MR) is 122 cm³/mol. The van der Waals surface area contributed by atoms with Gasteiger partial charge in [0.1, 0.15) is 5.76 Å². The lowest BCUT2D eigenvalue weighted by atomic mass is 10.1. The largest absolute Gasteiger partial charge is 0.468 e. The van der Waals surface area contributed by atoms with Gasteiger partial charge in [-0.1, -0.05) is 6.07 Å². The molecular formula is C22H26N4O4S2. The normalized spacial score (nSPS) is 15.2. The Labute approximate surface area is 191 Å². The van der Waals surface area contributed by atoms with Gasteiger partial charge in [0.05, 0.1) is 28.4 Å². The van der Waals surface area contributed by atoms with E-state index in [9.17, 15) is 13.2 Å². The smallest absolute Gasteiger partial charge is 0.254 e. The van der Waals surface area contributed by atoms with Crippen LogP contribution < -0.4 is 4.72 Å². The number of hydrogen-bond donors (Lipinski definition) is 1. The first kappa shape index (κ1) is 22.7. The third kappa shape index (κ3) is 5.26. The molecule has 3 heterocycles. The van der Waals surface area contributed by atoms with Crippen molar-refractivity contribution < 1.29 is 17.6 Å². The second-order valence-corrected chi connectivity index (χ2v) is 10.6. The summed E-state index contributed by atoms with van der Waals surface area (Å²) in [6, 6.07) is 8.05. The van der Waals surface area contributed by atoms with Gasteiger partial charge in [-0.3, -0.25) is 9.69 Å². The zero-order valence-electron chi connectivity index (χ0n) is 18.1. The topological polar surface area (TPSA) is 95.8 Å². The maximum Gasteiger partial charge on any atom is 0.254 e. The standard InChI is InChI=1S/C22H26N4O4S2/c1-16-5-6-20(32(28,29)23-13-19-4-3-11-30-19)12-21(16)22(27)26-9-7-25(8-10-26)14-18-15-31-17(2)24-18/h3-6,11-12,15,23H,7-10,13-14H2,1-2H3. The highest BCUT2D eigenvalue weighted by Crippen LogP contribution is 2.20. The van der Waals surface area contributed by atoms with E-state index in [1.165, 1.54) is 18.4 Å². The minimum absolute atomic E-state index is 0.0486. The molecule has 0 bridgehead atoms. The first-order valence-corrected chi connectivity index (χ1v) is 12.7. The molecule has 8 nitrogen and oxygen atoms in total. The van der Waals surface area contributed by atoms with Gasteiger partial charge in [-0.25, -0.2) is 18.1 Å². The van der Waals surface area contributed by atoms with Crippen LogP contribution in [-0.4, -0.2) is 55.3 Å². The Morgan fingerprint density at radius 3 is 2.62 bits per heavy atom. The van der Waals surface area contributed by atoms with Crippen molar-refractivity contribution in [1.82, 2.24) is 19.5 Å². The highest BCUT2D eigenvalue weighted by Gasteiger charge is 2.25. The number of carbonyl (C=O) groups excluding carboxylic acids is 1. The van der Waals surface area contributed by atoms with Gasteiger partial charge in [0, 0.05) is 43.7 Å². The first-order chi connectivity index (χ1) is 15.3. The molecule has 1 aliphatic rings. The van der Waals surface area contributed by atoms with Crippen molar-refractivity contribution in [2.24, 2.45) is 0 Å². The zero-order chi connectivity index (χ0) is 22.7. The van der Waals surface area contributed by atoms with Crippen LogP contribution in [0.3, 0.4) is 0 Å². The number of hydrogen-bond acceptors (Lipinski definition) is 7. The Kier molecular flexibility index (Phi) is 6.75. The van der Waals surface area contributed by atoms with E-state index in [-0.39, 0.29) is 17.3 Å². The van der Waals surface area contributed by atoms with Crippen molar-refractivity contribution in [2.75, 3.05) is 26.2 Å². The maximum atomic E-state index is 13.2. The van der Waals surface area contributed by atoms with Crippen LogP contribution in [0.1, 0.15) is 32.4 Å². The average molecular weight is 475 g/mol. The Bertz CT molecular complexity index is 1180. The molecule has 3 aromatic rings. The summed E-state index contributed by atoms with van der Waals surface area (Å²) in [6.45, 7) is 7.33. The van der Waals surface area contributed by atoms with Crippen molar-refractivity contribution in [3.63, 3.8) is 0 Å². The lowest BCUT2D eigenvalue weighted by molar-refractivity contribution is 0.0626. The summed E-state index contributed by atoms with van der Waals surface area (Å²) >= 11 is 1.64. The summed E-state index contributed by atoms with van der Waals surface area (Å²) < 4.78 is 33.1. The van der Waals surface area contributed by atoms with E-state index in [0.29, 0.717) is 24.4 Å². The fourth-order valence-electron chi connectivity index (χ4n) is 3.65. The van der Waals surface area contributed by atoms with Gasteiger partial charge >= 0.3 is 0 Å². The number of aromatic nitrogens is 1. The number of nitrogens with one attached hydrogen (secondary N) is 1. The van der Waals surface area contributed by atoms with Crippen LogP contribution in [0.4, 0.5) is 0 Å². The molecule has 0 saturated carbocycles. The molecule has 32 heavy (non-hydrogen) atoms. The minimum atomic E-state index is -3.78. The summed E-state index contributed by atoms with van der Waals surface area (Å²) in [7, 11) is -3.78. The molecule has 0 aliphatic carbocycles. The van der Waals surface area contributed by atoms with E-state index in [1.54, 1.807) is 34.4 Å². The van der Waals surface area contributed by atoms with E-state index >= 15 is 0 Å². The van der Waals surface area contributed by atoms with Crippen LogP contribution in [0.25, 0.3) is 0 Å². The predicted octanol–water partition coefficient (Wildman–Crippen LogP) is 2.79. The van der Waals surface area contributed by atoms with Gasteiger partial charge in [0.2, 0.25) is 10.0 Å². The Balaban J connectivity index is 1.41. The van der Waals surface area contributed by atoms with Gasteiger partial charge in [-0.15, -0.1) is 11.3 Å². The lowest BCUT2D eigenvalue weighted by Gasteiger charge is -2.34. The highest BCUT2D eigenvalue weighted by molar-refractivity contribution is 7.89. The Morgan fingerprint density at radius 1 is 1.19 bits per heavy atom. The van der Waals surface area contributed by atoms with Crippen molar-refractivity contribution in [2.45, 2.75) is 31.8 Å². The molecule has 1 aromatic carbocycles. The number of aryl methyl sites for hydroxylation is 2. The molecule has 10 heteroatoms. The van der Waals surface area contributed by atoms with Crippen molar-refractivity contribution in [1.29, 1.82) is 0 Å². The van der Waals surface area contributed by atoms with Crippen LogP contribution >= 0.6 is 11.3 Å². The van der Waals surface area contributed by atoms with E-state index in [1.807, 2.05) is 13.8 Å². The van der Waals surface area contributed by atoms with Crippen LogP contribution in [0.15, 0.2) is 51.3 Å². The summed E-state index contributed by atoms with van der Waals surface area (Å²) in [4.78, 5) is 21.8. The summed E-state index contributed by atoms with van der Waals surface area (Å²) in [5.74, 6) is 0.373. The van der Waals surface area contributed by atoms with Crippen LogP contribution in [0, 0.1) is 13.8 Å². The lowest BCUT2D eigenvalue weighted by Crippen LogP contribution is -2.48. The van der Waals surface area contributed by atoms with E-state index in [2.05, 4.69) is 20.0 Å². The number of sulfonamides is 1. The van der Waals surface area contributed by atoms with Crippen LogP contribution in [-0.2, 0) is 23.1 Å². The van der Waals surface area contributed by atoms with E-state index in [0.717, 1.165) is 35.9 Å². The number of benzene rings is 1. The fourth-order valence-corrected chi connectivity index (χ4v) is 5.27. The van der Waals surface area contributed by atoms with Gasteiger partial charge < -0.3 is 9.32 Å². The average Bonchev–Trinajstić information content (AvgIpc) is 3.44. The van der Waals surface area contributed by atoms with Crippen molar-refractivity contribution in [3.05, 3.63) is 69.6 Å². The molecule has 0 unspecified atom stereocenters. The molecule has 1 aliphatic heterocycles.